The highest BCUT2D eigenvalue weighted by molar-refractivity contribution is 5.87. The highest BCUT2D eigenvalue weighted by atomic mass is 16.2. The van der Waals surface area contributed by atoms with Crippen LogP contribution in [0.25, 0.3) is 0 Å². The van der Waals surface area contributed by atoms with Crippen LogP contribution in [0.2, 0.25) is 0 Å². The summed E-state index contributed by atoms with van der Waals surface area (Å²) in [5.41, 5.74) is 3.05. The minimum atomic E-state index is 0.131. The van der Waals surface area contributed by atoms with E-state index in [4.69, 9.17) is 0 Å². The molecule has 1 aliphatic rings. The highest BCUT2D eigenvalue weighted by Gasteiger charge is 2.26. The van der Waals surface area contributed by atoms with Gasteiger partial charge in [-0.2, -0.15) is 0 Å². The maximum Gasteiger partial charge on any atom is 0.152 e. The van der Waals surface area contributed by atoms with E-state index in [9.17, 15) is 4.79 Å². The van der Waals surface area contributed by atoms with Gasteiger partial charge in [0.25, 0.3) is 0 Å². The third kappa shape index (κ3) is 2.57. The molecule has 14 heavy (non-hydrogen) atoms. The van der Waals surface area contributed by atoms with Gasteiger partial charge in [-0.15, -0.1) is 0 Å². The zero-order valence-corrected chi connectivity index (χ0v) is 9.68. The lowest BCUT2D eigenvalue weighted by molar-refractivity contribution is -0.112. The van der Waals surface area contributed by atoms with Gasteiger partial charge in [-0.05, 0) is 50.2 Å². The van der Waals surface area contributed by atoms with E-state index in [1.54, 1.807) is 13.0 Å². The molecular formula is C13H20O. The molecule has 0 N–H and O–H groups in total. The van der Waals surface area contributed by atoms with Crippen molar-refractivity contribution in [3.05, 3.63) is 23.3 Å². The van der Waals surface area contributed by atoms with Crippen molar-refractivity contribution in [2.75, 3.05) is 0 Å². The summed E-state index contributed by atoms with van der Waals surface area (Å²) >= 11 is 0. The molecule has 1 heteroatoms. The SMILES string of the molecule is CC1=C(/C=[13CH]/[13C]([13CH3])=O)C(C)(C)CCC1. The minimum Gasteiger partial charge on any atom is -0.295 e. The monoisotopic (exact) mass is 195 g/mol. The summed E-state index contributed by atoms with van der Waals surface area (Å²) in [7, 11) is 0. The lowest BCUT2D eigenvalue weighted by Gasteiger charge is -2.32. The van der Waals surface area contributed by atoms with E-state index >= 15 is 0 Å². The summed E-state index contributed by atoms with van der Waals surface area (Å²) in [6.45, 7) is 8.30. The summed E-state index contributed by atoms with van der Waals surface area (Å²) in [6, 6.07) is 0. The van der Waals surface area contributed by atoms with Crippen molar-refractivity contribution in [2.45, 2.75) is 47.0 Å². The van der Waals surface area contributed by atoms with Gasteiger partial charge in [0.1, 0.15) is 0 Å². The first-order valence-electron chi connectivity index (χ1n) is 5.32. The quantitative estimate of drug-likeness (QED) is 0.485. The summed E-state index contributed by atoms with van der Waals surface area (Å²) < 4.78 is 0. The first-order valence-corrected chi connectivity index (χ1v) is 5.32. The molecule has 0 saturated carbocycles. The fraction of sp³-hybridized carbons (Fsp3) is 0.615. The van der Waals surface area contributed by atoms with Crippen LogP contribution in [-0.4, -0.2) is 5.78 Å². The summed E-state index contributed by atoms with van der Waals surface area (Å²) in [5, 5.41) is 0. The van der Waals surface area contributed by atoms with Crippen molar-refractivity contribution in [2.24, 2.45) is 5.41 Å². The molecule has 1 nitrogen and oxygen atoms in total. The number of hydrogen-bond donors (Lipinski definition) is 0. The van der Waals surface area contributed by atoms with Crippen LogP contribution < -0.4 is 0 Å². The maximum atomic E-state index is 10.9. The van der Waals surface area contributed by atoms with Crippen molar-refractivity contribution in [3.63, 3.8) is 0 Å². The highest BCUT2D eigenvalue weighted by Crippen LogP contribution is 2.40. The molecule has 0 fully saturated rings. The van der Waals surface area contributed by atoms with Gasteiger partial charge in [0.05, 0.1) is 0 Å². The lowest BCUT2D eigenvalue weighted by Crippen LogP contribution is -2.19. The smallest absolute Gasteiger partial charge is 0.152 e. The van der Waals surface area contributed by atoms with E-state index in [0.717, 1.165) is 0 Å². The molecule has 0 aromatic rings. The maximum absolute atomic E-state index is 10.9. The molecule has 0 amide bonds. The van der Waals surface area contributed by atoms with Gasteiger partial charge in [-0.25, -0.2) is 0 Å². The summed E-state index contributed by atoms with van der Waals surface area (Å²) in [4.78, 5) is 10.9. The van der Waals surface area contributed by atoms with Crippen LogP contribution in [-0.2, 0) is 4.79 Å². The Balaban J connectivity index is 2.96. The average molecular weight is 195 g/mol. The summed E-state index contributed by atoms with van der Waals surface area (Å²) in [6.07, 6.45) is 7.38. The van der Waals surface area contributed by atoms with Crippen molar-refractivity contribution in [3.8, 4) is 0 Å². The standard InChI is InChI=1S/C13H20O/c1-10-6-5-9-13(3,4)12(10)8-7-11(2)14/h7-8H,5-6,9H2,1-4H3/b8-7+/i2+1,7+1,11+1. The first kappa shape index (κ1) is 11.2. The van der Waals surface area contributed by atoms with Gasteiger partial charge < -0.3 is 0 Å². The Bertz CT molecular complexity index is 292. The molecule has 0 aliphatic heterocycles. The van der Waals surface area contributed by atoms with E-state index in [1.807, 2.05) is 6.08 Å². The number of hydrogen-bond acceptors (Lipinski definition) is 1. The Morgan fingerprint density at radius 3 is 2.57 bits per heavy atom. The second-order valence-electron chi connectivity index (χ2n) is 4.88. The molecule has 0 heterocycles. The largest absolute Gasteiger partial charge is 0.295 e. The Kier molecular flexibility index (Phi) is 3.30. The van der Waals surface area contributed by atoms with Gasteiger partial charge >= 0.3 is 0 Å². The van der Waals surface area contributed by atoms with Crippen LogP contribution in [0.5, 0.6) is 0 Å². The van der Waals surface area contributed by atoms with Gasteiger partial charge in [0.15, 0.2) is 5.78 Å². The zero-order valence-electron chi connectivity index (χ0n) is 9.68. The molecule has 0 aromatic heterocycles. The molecule has 0 bridgehead atoms. The number of rotatable bonds is 2. The fourth-order valence-electron chi connectivity index (χ4n) is 2.21. The summed E-state index contributed by atoms with van der Waals surface area (Å²) in [5.74, 6) is 0.131. The Morgan fingerprint density at radius 1 is 1.43 bits per heavy atom. The van der Waals surface area contributed by atoms with Crippen LogP contribution in [0.4, 0.5) is 0 Å². The fourth-order valence-corrected chi connectivity index (χ4v) is 2.21. The number of ketones is 1. The number of carbonyl (C=O) groups excluding carboxylic acids is 1. The molecule has 0 aromatic carbocycles. The van der Waals surface area contributed by atoms with Crippen LogP contribution >= 0.6 is 0 Å². The normalized spacial score (nSPS) is 21.7. The van der Waals surface area contributed by atoms with Crippen LogP contribution in [0.15, 0.2) is 23.3 Å². The van der Waals surface area contributed by atoms with E-state index < -0.39 is 0 Å². The number of carbonyl (C=O) groups is 1. The van der Waals surface area contributed by atoms with E-state index in [-0.39, 0.29) is 11.2 Å². The van der Waals surface area contributed by atoms with Gasteiger partial charge in [0.2, 0.25) is 0 Å². The first-order chi connectivity index (χ1) is 6.43. The molecule has 0 atom stereocenters. The minimum absolute atomic E-state index is 0.131. The van der Waals surface area contributed by atoms with Gasteiger partial charge in [0, 0.05) is 0 Å². The molecule has 0 unspecified atom stereocenters. The second kappa shape index (κ2) is 4.12. The molecule has 0 radical (unpaired) electrons. The van der Waals surface area contributed by atoms with Crippen molar-refractivity contribution < 1.29 is 4.79 Å². The third-order valence-corrected chi connectivity index (χ3v) is 3.03. The topological polar surface area (TPSA) is 17.1 Å². The average Bonchev–Trinajstić information content (AvgIpc) is 2.01. The third-order valence-electron chi connectivity index (χ3n) is 3.03. The zero-order chi connectivity index (χ0) is 10.8. The molecule has 78 valence electrons. The van der Waals surface area contributed by atoms with E-state index in [2.05, 4.69) is 20.8 Å². The Labute approximate surface area is 86.9 Å². The van der Waals surface area contributed by atoms with Crippen LogP contribution in [0, 0.1) is 5.41 Å². The van der Waals surface area contributed by atoms with E-state index in [0.29, 0.717) is 0 Å². The predicted octanol–water partition coefficient (Wildman–Crippen LogP) is 3.66. The Hall–Kier alpha value is -0.850. The molecule has 0 saturated heterocycles. The van der Waals surface area contributed by atoms with Crippen molar-refractivity contribution in [1.29, 1.82) is 0 Å². The van der Waals surface area contributed by atoms with Crippen LogP contribution in [0.1, 0.15) is 47.0 Å². The molecular weight excluding hydrogens is 175 g/mol. The van der Waals surface area contributed by atoms with Gasteiger partial charge in [-0.3, -0.25) is 4.79 Å². The van der Waals surface area contributed by atoms with Crippen LogP contribution in [0.3, 0.4) is 0 Å². The van der Waals surface area contributed by atoms with Gasteiger partial charge in [-0.1, -0.05) is 25.5 Å². The van der Waals surface area contributed by atoms with E-state index in [1.165, 1.54) is 30.4 Å². The predicted molar refractivity (Wildman–Crippen MR) is 60.2 cm³/mol. The molecule has 0 spiro atoms. The molecule has 1 rings (SSSR count). The number of allylic oxidation sites excluding steroid dienone is 4. The Morgan fingerprint density at radius 2 is 2.07 bits per heavy atom. The van der Waals surface area contributed by atoms with Crippen molar-refractivity contribution >= 4 is 5.78 Å². The second-order valence-corrected chi connectivity index (χ2v) is 4.88. The lowest BCUT2D eigenvalue weighted by atomic mass is 9.73. The van der Waals surface area contributed by atoms with Crippen molar-refractivity contribution in [1.82, 2.24) is 0 Å². The molecule has 1 aliphatic carbocycles.